The topological polar surface area (TPSA) is 95.6 Å². The molecule has 4 atom stereocenters. The fourth-order valence-electron chi connectivity index (χ4n) is 4.14. The Balaban J connectivity index is 1.87. The SMILES string of the molecule is CCCCN(C(=O)NC(=O)N[C@H](C)[C@@H]1C[C@@H]2CC[C@@H]1C2)S(C)(=O)=O. The summed E-state index contributed by atoms with van der Waals surface area (Å²) in [4.78, 5) is 24.2. The highest BCUT2D eigenvalue weighted by molar-refractivity contribution is 7.88. The van der Waals surface area contributed by atoms with Crippen molar-refractivity contribution in [1.29, 1.82) is 0 Å². The van der Waals surface area contributed by atoms with Crippen LogP contribution in [0.1, 0.15) is 52.4 Å². The van der Waals surface area contributed by atoms with Gasteiger partial charge in [-0.1, -0.05) is 19.8 Å². The first-order valence-corrected chi connectivity index (χ1v) is 10.7. The summed E-state index contributed by atoms with van der Waals surface area (Å²) in [5.74, 6) is 1.90. The lowest BCUT2D eigenvalue weighted by atomic mass is 9.84. The zero-order valence-electron chi connectivity index (χ0n) is 14.7. The van der Waals surface area contributed by atoms with Gasteiger partial charge in [0.15, 0.2) is 0 Å². The minimum absolute atomic E-state index is 0.0181. The molecule has 7 nitrogen and oxygen atoms in total. The first-order valence-electron chi connectivity index (χ1n) is 8.81. The van der Waals surface area contributed by atoms with E-state index >= 15 is 0 Å². The second-order valence-corrected chi connectivity index (χ2v) is 9.13. The van der Waals surface area contributed by atoms with Gasteiger partial charge in [-0.2, -0.15) is 0 Å². The molecule has 138 valence electrons. The van der Waals surface area contributed by atoms with Crippen LogP contribution >= 0.6 is 0 Å². The van der Waals surface area contributed by atoms with Crippen molar-refractivity contribution in [3.8, 4) is 0 Å². The smallest absolute Gasteiger partial charge is 0.335 e. The van der Waals surface area contributed by atoms with Crippen LogP contribution in [0.4, 0.5) is 9.59 Å². The van der Waals surface area contributed by atoms with Crippen LogP contribution in [0, 0.1) is 17.8 Å². The second kappa shape index (κ2) is 7.72. The molecule has 0 radical (unpaired) electrons. The molecule has 0 spiro atoms. The molecule has 0 aromatic heterocycles. The van der Waals surface area contributed by atoms with Gasteiger partial charge >= 0.3 is 12.1 Å². The maximum atomic E-state index is 12.1. The number of carbonyl (C=O) groups is 2. The molecule has 0 aromatic rings. The molecule has 0 aromatic carbocycles. The average Bonchev–Trinajstić information content (AvgIpc) is 3.08. The van der Waals surface area contributed by atoms with Crippen LogP contribution in [0.5, 0.6) is 0 Å². The van der Waals surface area contributed by atoms with Gasteiger partial charge in [-0.25, -0.2) is 22.3 Å². The minimum atomic E-state index is -3.69. The first kappa shape index (κ1) is 19.0. The normalized spacial score (nSPS) is 26.9. The van der Waals surface area contributed by atoms with Crippen LogP contribution in [-0.4, -0.2) is 43.6 Å². The van der Waals surface area contributed by atoms with Crippen LogP contribution in [0.25, 0.3) is 0 Å². The van der Waals surface area contributed by atoms with Crippen molar-refractivity contribution < 1.29 is 18.0 Å². The molecule has 2 N–H and O–H groups in total. The fraction of sp³-hybridized carbons (Fsp3) is 0.875. The summed E-state index contributed by atoms with van der Waals surface area (Å²) in [5, 5.41) is 4.96. The van der Waals surface area contributed by atoms with Gasteiger partial charge in [-0.3, -0.25) is 5.32 Å². The third kappa shape index (κ3) is 4.62. The number of carbonyl (C=O) groups excluding carboxylic acids is 2. The Hall–Kier alpha value is -1.31. The van der Waals surface area contributed by atoms with Crippen molar-refractivity contribution in [2.75, 3.05) is 12.8 Å². The number of unbranched alkanes of at least 4 members (excludes halogenated alkanes) is 1. The van der Waals surface area contributed by atoms with E-state index in [4.69, 9.17) is 0 Å². The van der Waals surface area contributed by atoms with Crippen molar-refractivity contribution in [2.24, 2.45) is 17.8 Å². The lowest BCUT2D eigenvalue weighted by molar-refractivity contribution is 0.207. The molecule has 2 fully saturated rings. The van der Waals surface area contributed by atoms with E-state index in [-0.39, 0.29) is 12.6 Å². The third-order valence-corrected chi connectivity index (χ3v) is 6.50. The molecule has 2 rings (SSSR count). The lowest BCUT2D eigenvalue weighted by Gasteiger charge is -2.28. The van der Waals surface area contributed by atoms with Gasteiger partial charge in [0, 0.05) is 12.6 Å². The molecule has 0 unspecified atom stereocenters. The number of hydrogen-bond donors (Lipinski definition) is 2. The average molecular weight is 359 g/mol. The highest BCUT2D eigenvalue weighted by atomic mass is 32.2. The van der Waals surface area contributed by atoms with Gasteiger partial charge in [0.25, 0.3) is 0 Å². The highest BCUT2D eigenvalue weighted by Crippen LogP contribution is 2.49. The minimum Gasteiger partial charge on any atom is -0.335 e. The fourth-order valence-corrected chi connectivity index (χ4v) is 4.94. The van der Waals surface area contributed by atoms with Crippen molar-refractivity contribution in [2.45, 2.75) is 58.4 Å². The Morgan fingerprint density at radius 2 is 1.96 bits per heavy atom. The maximum Gasteiger partial charge on any atom is 0.339 e. The van der Waals surface area contributed by atoms with Gasteiger partial charge in [-0.05, 0) is 50.4 Å². The molecule has 2 aliphatic carbocycles. The van der Waals surface area contributed by atoms with Crippen LogP contribution in [0.3, 0.4) is 0 Å². The molecule has 0 aliphatic heterocycles. The van der Waals surface area contributed by atoms with E-state index in [1.807, 2.05) is 13.8 Å². The summed E-state index contributed by atoms with van der Waals surface area (Å²) in [6.07, 6.45) is 7.18. The van der Waals surface area contributed by atoms with Crippen LogP contribution in [-0.2, 0) is 10.0 Å². The van der Waals surface area contributed by atoms with Crippen molar-refractivity contribution in [3.05, 3.63) is 0 Å². The van der Waals surface area contributed by atoms with E-state index in [1.54, 1.807) is 0 Å². The van der Waals surface area contributed by atoms with Crippen molar-refractivity contribution in [3.63, 3.8) is 0 Å². The third-order valence-electron chi connectivity index (χ3n) is 5.36. The van der Waals surface area contributed by atoms with Gasteiger partial charge in [-0.15, -0.1) is 0 Å². The Morgan fingerprint density at radius 3 is 2.46 bits per heavy atom. The summed E-state index contributed by atoms with van der Waals surface area (Å²) in [5.41, 5.74) is 0. The zero-order chi connectivity index (χ0) is 17.9. The van der Waals surface area contributed by atoms with E-state index in [9.17, 15) is 18.0 Å². The number of hydrogen-bond acceptors (Lipinski definition) is 4. The number of urea groups is 2. The molecule has 24 heavy (non-hydrogen) atoms. The van der Waals surface area contributed by atoms with E-state index in [1.165, 1.54) is 19.3 Å². The molecule has 0 saturated heterocycles. The number of amides is 4. The first-order chi connectivity index (χ1) is 11.2. The Kier molecular flexibility index (Phi) is 6.11. The number of nitrogens with one attached hydrogen (secondary N) is 2. The van der Waals surface area contributed by atoms with Crippen LogP contribution in [0.2, 0.25) is 0 Å². The number of sulfonamides is 1. The molecular weight excluding hydrogens is 330 g/mol. The van der Waals surface area contributed by atoms with E-state index < -0.39 is 22.1 Å². The summed E-state index contributed by atoms with van der Waals surface area (Å²) in [7, 11) is -3.69. The number of nitrogens with zero attached hydrogens (tertiary/aromatic N) is 1. The summed E-state index contributed by atoms with van der Waals surface area (Å²) in [6, 6.07) is -1.53. The maximum absolute atomic E-state index is 12.1. The molecule has 2 aliphatic rings. The van der Waals surface area contributed by atoms with Crippen LogP contribution < -0.4 is 10.6 Å². The van der Waals surface area contributed by atoms with Gasteiger partial charge < -0.3 is 5.32 Å². The zero-order valence-corrected chi connectivity index (χ0v) is 15.6. The summed E-state index contributed by atoms with van der Waals surface area (Å²) < 4.78 is 24.1. The molecule has 2 bridgehead atoms. The number of imide groups is 1. The van der Waals surface area contributed by atoms with Gasteiger partial charge in [0.05, 0.1) is 6.26 Å². The monoisotopic (exact) mass is 359 g/mol. The van der Waals surface area contributed by atoms with E-state index in [0.29, 0.717) is 18.3 Å². The predicted octanol–water partition coefficient (Wildman–Crippen LogP) is 2.29. The summed E-state index contributed by atoms with van der Waals surface area (Å²) in [6.45, 7) is 3.94. The Morgan fingerprint density at radius 1 is 1.25 bits per heavy atom. The molecular formula is C16H29N3O4S. The largest absolute Gasteiger partial charge is 0.339 e. The van der Waals surface area contributed by atoms with Crippen molar-refractivity contribution in [1.82, 2.24) is 14.9 Å². The van der Waals surface area contributed by atoms with E-state index in [2.05, 4.69) is 10.6 Å². The van der Waals surface area contributed by atoms with Crippen molar-refractivity contribution >= 4 is 22.1 Å². The quantitative estimate of drug-likeness (QED) is 0.760. The Bertz CT molecular complexity index is 578. The highest BCUT2D eigenvalue weighted by Gasteiger charge is 2.42. The standard InChI is InChI=1S/C16H29N3O4S/c1-4-5-8-19(24(3,22)23)16(21)18-15(20)17-11(2)14-10-12-6-7-13(14)9-12/h11-14H,4-10H2,1-3H3,(H2,17,18,20,21)/t11-,12-,13-,14+/m1/s1. The number of rotatable bonds is 6. The molecule has 0 heterocycles. The predicted molar refractivity (Wildman–Crippen MR) is 91.9 cm³/mol. The lowest BCUT2D eigenvalue weighted by Crippen LogP contribution is -2.52. The van der Waals surface area contributed by atoms with Crippen LogP contribution in [0.15, 0.2) is 0 Å². The van der Waals surface area contributed by atoms with Gasteiger partial charge in [0.2, 0.25) is 10.0 Å². The molecule has 2 saturated carbocycles. The molecule has 8 heteroatoms. The van der Waals surface area contributed by atoms with E-state index in [0.717, 1.165) is 29.3 Å². The Labute approximate surface area is 144 Å². The summed E-state index contributed by atoms with van der Waals surface area (Å²) >= 11 is 0. The number of fused-ring (bicyclic) bond motifs is 2. The molecule has 4 amide bonds. The van der Waals surface area contributed by atoms with Gasteiger partial charge in [0.1, 0.15) is 0 Å². The second-order valence-electron chi connectivity index (χ2n) is 7.22.